The van der Waals surface area contributed by atoms with E-state index in [1.54, 1.807) is 0 Å². The lowest BCUT2D eigenvalue weighted by molar-refractivity contribution is -0.130. The highest BCUT2D eigenvalue weighted by molar-refractivity contribution is 7.99. The average Bonchev–Trinajstić information content (AvgIpc) is 2.67. The van der Waals surface area contributed by atoms with Crippen molar-refractivity contribution in [2.45, 2.75) is 12.8 Å². The van der Waals surface area contributed by atoms with Crippen molar-refractivity contribution in [3.05, 3.63) is 0 Å². The predicted molar refractivity (Wildman–Crippen MR) is 59.6 cm³/mol. The third-order valence-corrected chi connectivity index (χ3v) is 4.13. The lowest BCUT2D eigenvalue weighted by atomic mass is 10.1. The van der Waals surface area contributed by atoms with Crippen LogP contribution in [0.5, 0.6) is 0 Å². The van der Waals surface area contributed by atoms with Gasteiger partial charge in [0, 0.05) is 19.5 Å². The molecule has 2 aliphatic rings. The zero-order valence-corrected chi connectivity index (χ0v) is 9.52. The fraction of sp³-hybridized carbons (Fsp3) is 0.800. The van der Waals surface area contributed by atoms with Crippen LogP contribution < -0.4 is 5.32 Å². The van der Waals surface area contributed by atoms with Gasteiger partial charge in [0.15, 0.2) is 0 Å². The zero-order valence-electron chi connectivity index (χ0n) is 8.70. The molecule has 15 heavy (non-hydrogen) atoms. The molecule has 0 bridgehead atoms. The van der Waals surface area contributed by atoms with Crippen LogP contribution in [0, 0.1) is 5.92 Å². The van der Waals surface area contributed by atoms with Gasteiger partial charge in [-0.05, 0) is 23.8 Å². The van der Waals surface area contributed by atoms with Crippen LogP contribution in [0.4, 0.5) is 0 Å². The molecule has 5 heteroatoms. The summed E-state index contributed by atoms with van der Waals surface area (Å²) in [6.07, 6.45) is 1.65. The number of nitrogens with zero attached hydrogens (tertiary/aromatic N) is 1. The van der Waals surface area contributed by atoms with Crippen molar-refractivity contribution in [1.82, 2.24) is 10.2 Å². The highest BCUT2D eigenvalue weighted by Gasteiger charge is 2.24. The van der Waals surface area contributed by atoms with Crippen LogP contribution in [-0.4, -0.2) is 47.9 Å². The quantitative estimate of drug-likeness (QED) is 0.728. The molecule has 2 aliphatic heterocycles. The first-order chi connectivity index (χ1) is 7.25. The molecule has 0 aromatic rings. The molecule has 84 valence electrons. The highest BCUT2D eigenvalue weighted by atomic mass is 32.2. The molecule has 0 aliphatic carbocycles. The number of amides is 2. The molecule has 1 N–H and O–H groups in total. The third-order valence-electron chi connectivity index (χ3n) is 2.90. The molecule has 0 radical (unpaired) electrons. The van der Waals surface area contributed by atoms with Crippen LogP contribution in [0.1, 0.15) is 12.8 Å². The highest BCUT2D eigenvalue weighted by Crippen LogP contribution is 2.24. The topological polar surface area (TPSA) is 49.4 Å². The normalized spacial score (nSPS) is 27.7. The lowest BCUT2D eigenvalue weighted by Gasteiger charge is -2.22. The molecular weight excluding hydrogens is 212 g/mol. The van der Waals surface area contributed by atoms with Crippen LogP contribution in [-0.2, 0) is 9.59 Å². The van der Waals surface area contributed by atoms with Crippen molar-refractivity contribution in [3.63, 3.8) is 0 Å². The fourth-order valence-corrected chi connectivity index (χ4v) is 3.24. The summed E-state index contributed by atoms with van der Waals surface area (Å²) >= 11 is 1.96. The van der Waals surface area contributed by atoms with E-state index in [-0.39, 0.29) is 18.4 Å². The molecule has 4 nitrogen and oxygen atoms in total. The standard InChI is InChI=1S/C10H16N2O2S/c13-9-1-3-12(10(14)5-11-9)6-8-2-4-15-7-8/h8H,1-7H2,(H,11,13). The van der Waals surface area contributed by atoms with Crippen molar-refractivity contribution in [1.29, 1.82) is 0 Å². The summed E-state index contributed by atoms with van der Waals surface area (Å²) < 4.78 is 0. The van der Waals surface area contributed by atoms with E-state index in [9.17, 15) is 9.59 Å². The summed E-state index contributed by atoms with van der Waals surface area (Å²) in [5.74, 6) is 3.06. The maximum Gasteiger partial charge on any atom is 0.241 e. The van der Waals surface area contributed by atoms with E-state index in [1.807, 2.05) is 16.7 Å². The molecule has 2 fully saturated rings. The largest absolute Gasteiger partial charge is 0.347 e. The number of carbonyl (C=O) groups is 2. The van der Waals surface area contributed by atoms with Crippen molar-refractivity contribution < 1.29 is 9.59 Å². The smallest absolute Gasteiger partial charge is 0.241 e. The third kappa shape index (κ3) is 2.87. The van der Waals surface area contributed by atoms with Gasteiger partial charge in [0.25, 0.3) is 0 Å². The van der Waals surface area contributed by atoms with Gasteiger partial charge in [0.2, 0.25) is 11.8 Å². The second-order valence-electron chi connectivity index (χ2n) is 4.10. The Morgan fingerprint density at radius 3 is 3.07 bits per heavy atom. The van der Waals surface area contributed by atoms with Crippen molar-refractivity contribution in [2.24, 2.45) is 5.92 Å². The van der Waals surface area contributed by atoms with Gasteiger partial charge < -0.3 is 10.2 Å². The van der Waals surface area contributed by atoms with Crippen molar-refractivity contribution in [2.75, 3.05) is 31.1 Å². The summed E-state index contributed by atoms with van der Waals surface area (Å²) in [4.78, 5) is 24.6. The summed E-state index contributed by atoms with van der Waals surface area (Å²) in [5, 5.41) is 2.61. The van der Waals surface area contributed by atoms with Crippen LogP contribution in [0.2, 0.25) is 0 Å². The zero-order chi connectivity index (χ0) is 10.7. The molecule has 0 aromatic carbocycles. The van der Waals surface area contributed by atoms with E-state index < -0.39 is 0 Å². The number of hydrogen-bond donors (Lipinski definition) is 1. The first-order valence-electron chi connectivity index (χ1n) is 5.38. The molecular formula is C10H16N2O2S. The maximum atomic E-state index is 11.7. The number of carbonyl (C=O) groups excluding carboxylic acids is 2. The Morgan fingerprint density at radius 2 is 2.33 bits per heavy atom. The number of rotatable bonds is 2. The molecule has 2 amide bonds. The second kappa shape index (κ2) is 4.88. The van der Waals surface area contributed by atoms with Gasteiger partial charge in [-0.15, -0.1) is 0 Å². The van der Waals surface area contributed by atoms with Gasteiger partial charge in [-0.1, -0.05) is 0 Å². The Hall–Kier alpha value is -0.710. The molecule has 2 saturated heterocycles. The van der Waals surface area contributed by atoms with Crippen LogP contribution in [0.15, 0.2) is 0 Å². The van der Waals surface area contributed by atoms with Crippen LogP contribution in [0.3, 0.4) is 0 Å². The molecule has 1 unspecified atom stereocenters. The minimum Gasteiger partial charge on any atom is -0.347 e. The lowest BCUT2D eigenvalue weighted by Crippen LogP contribution is -2.38. The first kappa shape index (κ1) is 10.8. The second-order valence-corrected chi connectivity index (χ2v) is 5.25. The molecule has 2 heterocycles. The Kier molecular flexibility index (Phi) is 3.51. The summed E-state index contributed by atoms with van der Waals surface area (Å²) in [6.45, 7) is 1.60. The van der Waals surface area contributed by atoms with E-state index in [4.69, 9.17) is 0 Å². The minimum atomic E-state index is -0.00773. The van der Waals surface area contributed by atoms with Gasteiger partial charge in [-0.25, -0.2) is 0 Å². The first-order valence-corrected chi connectivity index (χ1v) is 6.53. The number of hydrogen-bond acceptors (Lipinski definition) is 3. The van der Waals surface area contributed by atoms with E-state index in [2.05, 4.69) is 5.32 Å². The minimum absolute atomic E-state index is 0.00773. The summed E-state index contributed by atoms with van der Waals surface area (Å²) in [7, 11) is 0. The Balaban J connectivity index is 1.88. The molecule has 0 saturated carbocycles. The predicted octanol–water partition coefficient (Wildman–Crippen LogP) is 0.0880. The number of nitrogens with one attached hydrogen (secondary N) is 1. The maximum absolute atomic E-state index is 11.7. The van der Waals surface area contributed by atoms with E-state index in [0.29, 0.717) is 18.9 Å². The van der Waals surface area contributed by atoms with E-state index in [1.165, 1.54) is 12.2 Å². The summed E-state index contributed by atoms with van der Waals surface area (Å²) in [6, 6.07) is 0. The van der Waals surface area contributed by atoms with Crippen molar-refractivity contribution in [3.8, 4) is 0 Å². The summed E-state index contributed by atoms with van der Waals surface area (Å²) in [5.41, 5.74) is 0. The molecule has 0 aromatic heterocycles. The van der Waals surface area contributed by atoms with E-state index in [0.717, 1.165) is 12.3 Å². The SMILES string of the molecule is O=C1CCN(CC2CCSC2)C(=O)CN1. The monoisotopic (exact) mass is 228 g/mol. The Morgan fingerprint density at radius 1 is 1.47 bits per heavy atom. The van der Waals surface area contributed by atoms with E-state index >= 15 is 0 Å². The Bertz CT molecular complexity index is 264. The van der Waals surface area contributed by atoms with Gasteiger partial charge in [-0.2, -0.15) is 11.8 Å². The Labute approximate surface area is 93.8 Å². The van der Waals surface area contributed by atoms with Gasteiger partial charge in [0.05, 0.1) is 6.54 Å². The molecule has 1 atom stereocenters. The van der Waals surface area contributed by atoms with Crippen molar-refractivity contribution >= 4 is 23.6 Å². The van der Waals surface area contributed by atoms with Crippen LogP contribution >= 0.6 is 11.8 Å². The fourth-order valence-electron chi connectivity index (χ4n) is 1.97. The van der Waals surface area contributed by atoms with Gasteiger partial charge >= 0.3 is 0 Å². The average molecular weight is 228 g/mol. The van der Waals surface area contributed by atoms with Gasteiger partial charge in [-0.3, -0.25) is 9.59 Å². The van der Waals surface area contributed by atoms with Gasteiger partial charge in [0.1, 0.15) is 0 Å². The van der Waals surface area contributed by atoms with Crippen LogP contribution in [0.25, 0.3) is 0 Å². The molecule has 0 spiro atoms. The number of thioether (sulfide) groups is 1. The molecule has 2 rings (SSSR count).